The van der Waals surface area contributed by atoms with Gasteiger partial charge in [0, 0.05) is 18.1 Å². The van der Waals surface area contributed by atoms with Gasteiger partial charge in [-0.1, -0.05) is 18.3 Å². The Morgan fingerprint density at radius 3 is 2.86 bits per heavy atom. The quantitative estimate of drug-likeness (QED) is 0.760. The molecule has 0 aliphatic carbocycles. The second-order valence-electron chi connectivity index (χ2n) is 4.70. The maximum absolute atomic E-state index is 14.0. The lowest BCUT2D eigenvalue weighted by atomic mass is 10.2. The zero-order valence-corrected chi connectivity index (χ0v) is 13.2. The van der Waals surface area contributed by atoms with E-state index in [0.717, 1.165) is 37.4 Å². The molecule has 0 aliphatic rings. The highest BCUT2D eigenvalue weighted by molar-refractivity contribution is 7.14. The average Bonchev–Trinajstić information content (AvgIpc) is 2.95. The molecule has 2 aromatic rings. The van der Waals surface area contributed by atoms with Crippen molar-refractivity contribution in [1.82, 2.24) is 15.5 Å². The number of benzene rings is 1. The Morgan fingerprint density at radius 2 is 2.14 bits per heavy atom. The summed E-state index contributed by atoms with van der Waals surface area (Å²) in [5, 5.41) is 13.1. The van der Waals surface area contributed by atoms with Gasteiger partial charge in [0.25, 0.3) is 0 Å². The highest BCUT2D eigenvalue weighted by atomic mass is 32.1. The highest BCUT2D eigenvalue weighted by Crippen LogP contribution is 2.28. The SMILES string of the molecule is CCCNCCCc1nnc(-c2ccc(OC)cc2F)s1. The van der Waals surface area contributed by atoms with Crippen LogP contribution in [-0.2, 0) is 6.42 Å². The molecule has 0 spiro atoms. The highest BCUT2D eigenvalue weighted by Gasteiger charge is 2.12. The Kier molecular flexibility index (Phi) is 6.07. The summed E-state index contributed by atoms with van der Waals surface area (Å²) >= 11 is 1.45. The Morgan fingerprint density at radius 1 is 1.29 bits per heavy atom. The number of nitrogens with zero attached hydrogens (tertiary/aromatic N) is 2. The fourth-order valence-electron chi connectivity index (χ4n) is 1.93. The summed E-state index contributed by atoms with van der Waals surface area (Å²) in [4.78, 5) is 0. The molecule has 0 bridgehead atoms. The van der Waals surface area contributed by atoms with E-state index in [4.69, 9.17) is 4.74 Å². The molecule has 1 aromatic carbocycles. The number of aryl methyl sites for hydroxylation is 1. The van der Waals surface area contributed by atoms with Gasteiger partial charge in [0.2, 0.25) is 0 Å². The van der Waals surface area contributed by atoms with Crippen LogP contribution in [0.4, 0.5) is 4.39 Å². The summed E-state index contributed by atoms with van der Waals surface area (Å²) in [6.07, 6.45) is 3.02. The van der Waals surface area contributed by atoms with Gasteiger partial charge in [-0.25, -0.2) is 4.39 Å². The number of halogens is 1. The van der Waals surface area contributed by atoms with Crippen LogP contribution in [0, 0.1) is 5.82 Å². The number of hydrogen-bond donors (Lipinski definition) is 1. The van der Waals surface area contributed by atoms with Gasteiger partial charge in [0.1, 0.15) is 16.6 Å². The molecule has 0 aliphatic heterocycles. The average molecular weight is 309 g/mol. The van der Waals surface area contributed by atoms with E-state index in [2.05, 4.69) is 22.4 Å². The predicted octanol–water partition coefficient (Wildman–Crippen LogP) is 3.29. The molecule has 0 unspecified atom stereocenters. The second-order valence-corrected chi connectivity index (χ2v) is 5.76. The van der Waals surface area contributed by atoms with Crippen LogP contribution in [0.1, 0.15) is 24.8 Å². The Hall–Kier alpha value is -1.53. The largest absolute Gasteiger partial charge is 0.497 e. The first-order chi connectivity index (χ1) is 10.2. The first-order valence-electron chi connectivity index (χ1n) is 7.11. The molecule has 4 nitrogen and oxygen atoms in total. The minimum absolute atomic E-state index is 0.332. The second kappa shape index (κ2) is 8.05. The zero-order chi connectivity index (χ0) is 15.1. The van der Waals surface area contributed by atoms with E-state index in [9.17, 15) is 4.39 Å². The van der Waals surface area contributed by atoms with Gasteiger partial charge in [-0.15, -0.1) is 10.2 Å². The molecule has 0 saturated heterocycles. The first-order valence-corrected chi connectivity index (χ1v) is 7.93. The fraction of sp³-hybridized carbons (Fsp3) is 0.467. The van der Waals surface area contributed by atoms with Gasteiger partial charge >= 0.3 is 0 Å². The summed E-state index contributed by atoms with van der Waals surface area (Å²) in [7, 11) is 1.52. The summed E-state index contributed by atoms with van der Waals surface area (Å²) < 4.78 is 19.0. The van der Waals surface area contributed by atoms with E-state index in [1.165, 1.54) is 24.5 Å². The van der Waals surface area contributed by atoms with Gasteiger partial charge in [0.15, 0.2) is 5.01 Å². The maximum atomic E-state index is 14.0. The number of nitrogens with one attached hydrogen (secondary N) is 1. The molecule has 0 amide bonds. The normalized spacial score (nSPS) is 10.8. The number of ether oxygens (including phenoxy) is 1. The van der Waals surface area contributed by atoms with E-state index >= 15 is 0 Å². The number of methoxy groups -OCH3 is 1. The molecule has 1 aromatic heterocycles. The predicted molar refractivity (Wildman–Crippen MR) is 83.3 cm³/mol. The third kappa shape index (κ3) is 4.47. The van der Waals surface area contributed by atoms with Crippen molar-refractivity contribution in [3.05, 3.63) is 29.0 Å². The molecule has 0 saturated carbocycles. The maximum Gasteiger partial charge on any atom is 0.150 e. The number of aromatic nitrogens is 2. The van der Waals surface area contributed by atoms with Crippen molar-refractivity contribution in [2.24, 2.45) is 0 Å². The molecule has 1 N–H and O–H groups in total. The van der Waals surface area contributed by atoms with Crippen LogP contribution in [-0.4, -0.2) is 30.4 Å². The van der Waals surface area contributed by atoms with Crippen LogP contribution >= 0.6 is 11.3 Å². The van der Waals surface area contributed by atoms with Crippen LogP contribution in [0.5, 0.6) is 5.75 Å². The molecule has 1 heterocycles. The number of rotatable bonds is 8. The van der Waals surface area contributed by atoms with Crippen molar-refractivity contribution < 1.29 is 9.13 Å². The van der Waals surface area contributed by atoms with Crippen molar-refractivity contribution in [1.29, 1.82) is 0 Å². The lowest BCUT2D eigenvalue weighted by molar-refractivity contribution is 0.411. The van der Waals surface area contributed by atoms with E-state index in [1.807, 2.05) is 0 Å². The Bertz CT molecular complexity index is 574. The third-order valence-electron chi connectivity index (χ3n) is 3.04. The van der Waals surface area contributed by atoms with Gasteiger partial charge in [-0.05, 0) is 38.1 Å². The summed E-state index contributed by atoms with van der Waals surface area (Å²) in [5.41, 5.74) is 0.476. The smallest absolute Gasteiger partial charge is 0.150 e. The molecule has 0 atom stereocenters. The minimum atomic E-state index is -0.332. The summed E-state index contributed by atoms with van der Waals surface area (Å²) in [6, 6.07) is 4.78. The Labute approximate surface area is 128 Å². The molecular formula is C15H20FN3OS. The standard InChI is InChI=1S/C15H20FN3OS/c1-3-8-17-9-4-5-14-18-19-15(21-14)12-7-6-11(20-2)10-13(12)16/h6-7,10,17H,3-5,8-9H2,1-2H3. The van der Waals surface area contributed by atoms with Crippen molar-refractivity contribution in [2.75, 3.05) is 20.2 Å². The van der Waals surface area contributed by atoms with E-state index in [0.29, 0.717) is 16.3 Å². The fourth-order valence-corrected chi connectivity index (χ4v) is 2.83. The summed E-state index contributed by atoms with van der Waals surface area (Å²) in [6.45, 7) is 4.16. The zero-order valence-electron chi connectivity index (χ0n) is 12.4. The van der Waals surface area contributed by atoms with Crippen LogP contribution < -0.4 is 10.1 Å². The topological polar surface area (TPSA) is 47.0 Å². The first kappa shape index (κ1) is 15.9. The van der Waals surface area contributed by atoms with Gasteiger partial charge in [-0.2, -0.15) is 0 Å². The van der Waals surface area contributed by atoms with Crippen LogP contribution in [0.2, 0.25) is 0 Å². The van der Waals surface area contributed by atoms with Gasteiger partial charge in [0.05, 0.1) is 7.11 Å². The van der Waals surface area contributed by atoms with Crippen molar-refractivity contribution in [2.45, 2.75) is 26.2 Å². The van der Waals surface area contributed by atoms with E-state index < -0.39 is 0 Å². The van der Waals surface area contributed by atoms with E-state index in [1.54, 1.807) is 12.1 Å². The number of hydrogen-bond acceptors (Lipinski definition) is 5. The monoisotopic (exact) mass is 309 g/mol. The van der Waals surface area contributed by atoms with Gasteiger partial charge < -0.3 is 10.1 Å². The van der Waals surface area contributed by atoms with Gasteiger partial charge in [-0.3, -0.25) is 0 Å². The molecular weight excluding hydrogens is 289 g/mol. The van der Waals surface area contributed by atoms with Crippen molar-refractivity contribution >= 4 is 11.3 Å². The van der Waals surface area contributed by atoms with Crippen LogP contribution in [0.25, 0.3) is 10.6 Å². The molecule has 2 rings (SSSR count). The minimum Gasteiger partial charge on any atom is -0.497 e. The lowest BCUT2D eigenvalue weighted by Crippen LogP contribution is -2.16. The van der Waals surface area contributed by atoms with Crippen molar-refractivity contribution in [3.63, 3.8) is 0 Å². The van der Waals surface area contributed by atoms with Crippen molar-refractivity contribution in [3.8, 4) is 16.3 Å². The molecule has 0 radical (unpaired) electrons. The van der Waals surface area contributed by atoms with Crippen LogP contribution in [0.3, 0.4) is 0 Å². The molecule has 6 heteroatoms. The molecule has 0 fully saturated rings. The Balaban J connectivity index is 1.96. The lowest BCUT2D eigenvalue weighted by Gasteiger charge is -2.02. The summed E-state index contributed by atoms with van der Waals surface area (Å²) in [5.74, 6) is 0.171. The van der Waals surface area contributed by atoms with E-state index in [-0.39, 0.29) is 5.82 Å². The molecule has 21 heavy (non-hydrogen) atoms. The third-order valence-corrected chi connectivity index (χ3v) is 4.06. The molecule has 114 valence electrons. The van der Waals surface area contributed by atoms with Crippen LogP contribution in [0.15, 0.2) is 18.2 Å².